The highest BCUT2D eigenvalue weighted by atomic mass is 32.2. The molecule has 0 bridgehead atoms. The number of nitrogens with zero attached hydrogens (tertiary/aromatic N) is 1. The minimum atomic E-state index is -3.98. The highest BCUT2D eigenvalue weighted by molar-refractivity contribution is 8.13. The fourth-order valence-electron chi connectivity index (χ4n) is 1.90. The molecule has 2 aromatic carbocycles. The normalized spacial score (nSPS) is 11.8. The van der Waals surface area contributed by atoms with Crippen LogP contribution >= 0.6 is 11.8 Å². The maximum Gasteiger partial charge on any atom is 0.285 e. The van der Waals surface area contributed by atoms with Gasteiger partial charge in [-0.15, -0.1) is 0 Å². The molecule has 0 radical (unpaired) electrons. The van der Waals surface area contributed by atoms with Crippen molar-refractivity contribution >= 4 is 42.5 Å². The molecule has 1 N–H and O–H groups in total. The van der Waals surface area contributed by atoms with Gasteiger partial charge in [-0.1, -0.05) is 12.1 Å². The molecule has 0 aliphatic carbocycles. The van der Waals surface area contributed by atoms with Crippen LogP contribution in [0, 0.1) is 0 Å². The molecule has 7 nitrogen and oxygen atoms in total. The maximum absolute atomic E-state index is 12.5. The van der Waals surface area contributed by atoms with Gasteiger partial charge in [-0.05, 0) is 48.2 Å². The Balaban J connectivity index is 2.29. The van der Waals surface area contributed by atoms with Crippen LogP contribution in [-0.2, 0) is 19.9 Å². The second-order valence-electron chi connectivity index (χ2n) is 5.64. The summed E-state index contributed by atoms with van der Waals surface area (Å²) in [7, 11) is -4.26. The number of thioether (sulfide) groups is 1. The van der Waals surface area contributed by atoms with Crippen LogP contribution in [0.2, 0.25) is 0 Å². The number of anilines is 1. The van der Waals surface area contributed by atoms with Crippen molar-refractivity contribution in [2.75, 3.05) is 25.1 Å². The van der Waals surface area contributed by atoms with E-state index in [1.807, 2.05) is 0 Å². The third-order valence-corrected chi connectivity index (χ3v) is 6.72. The summed E-state index contributed by atoms with van der Waals surface area (Å²) in [6, 6.07) is 11.5. The van der Waals surface area contributed by atoms with Gasteiger partial charge in [0.1, 0.15) is 0 Å². The fraction of sp³-hybridized carbons (Fsp3) is 0.188. The molecule has 0 unspecified atom stereocenters. The van der Waals surface area contributed by atoms with E-state index in [1.165, 1.54) is 29.2 Å². The lowest BCUT2D eigenvalue weighted by molar-refractivity contribution is 0.241. The molecule has 0 saturated carbocycles. The SMILES string of the molecule is CN(C)C(=O)Sc1cccc(NS(=O)(=O)c2cccc(S(C)(=O)=O)c2)c1. The van der Waals surface area contributed by atoms with Gasteiger partial charge in [0.15, 0.2) is 9.84 Å². The summed E-state index contributed by atoms with van der Waals surface area (Å²) in [5.74, 6) is 0. The number of nitrogens with one attached hydrogen (secondary N) is 1. The molecule has 0 aliphatic rings. The predicted molar refractivity (Wildman–Crippen MR) is 102 cm³/mol. The first-order valence-electron chi connectivity index (χ1n) is 7.31. The van der Waals surface area contributed by atoms with Gasteiger partial charge in [0, 0.05) is 30.9 Å². The number of benzene rings is 2. The molecule has 10 heteroatoms. The zero-order valence-corrected chi connectivity index (χ0v) is 16.8. The van der Waals surface area contributed by atoms with Gasteiger partial charge < -0.3 is 4.90 Å². The summed E-state index contributed by atoms with van der Waals surface area (Å²) in [4.78, 5) is 13.5. The zero-order chi connectivity index (χ0) is 19.5. The third kappa shape index (κ3) is 5.23. The summed E-state index contributed by atoms with van der Waals surface area (Å²) < 4.78 is 50.7. The smallest absolute Gasteiger partial charge is 0.285 e. The van der Waals surface area contributed by atoms with Crippen molar-refractivity contribution in [2.45, 2.75) is 14.7 Å². The van der Waals surface area contributed by atoms with Crippen molar-refractivity contribution in [3.8, 4) is 0 Å². The first-order valence-corrected chi connectivity index (χ1v) is 11.5. The Kier molecular flexibility index (Phi) is 5.99. The average molecular weight is 415 g/mol. The van der Waals surface area contributed by atoms with Crippen LogP contribution in [0.5, 0.6) is 0 Å². The fourth-order valence-corrected chi connectivity index (χ4v) is 4.45. The molecule has 140 valence electrons. The van der Waals surface area contributed by atoms with Crippen molar-refractivity contribution < 1.29 is 21.6 Å². The average Bonchev–Trinajstić information content (AvgIpc) is 2.54. The molecule has 0 spiro atoms. The van der Waals surface area contributed by atoms with Gasteiger partial charge in [0.05, 0.1) is 9.79 Å². The first kappa shape index (κ1) is 20.3. The monoisotopic (exact) mass is 414 g/mol. The Morgan fingerprint density at radius 1 is 0.962 bits per heavy atom. The van der Waals surface area contributed by atoms with Crippen molar-refractivity contribution in [2.24, 2.45) is 0 Å². The van der Waals surface area contributed by atoms with E-state index in [-0.39, 0.29) is 20.7 Å². The number of hydrogen-bond donors (Lipinski definition) is 1. The van der Waals surface area contributed by atoms with Gasteiger partial charge in [-0.25, -0.2) is 16.8 Å². The van der Waals surface area contributed by atoms with Gasteiger partial charge in [0.25, 0.3) is 15.3 Å². The van der Waals surface area contributed by atoms with Gasteiger partial charge >= 0.3 is 0 Å². The second-order valence-corrected chi connectivity index (χ2v) is 10.4. The van der Waals surface area contributed by atoms with E-state index < -0.39 is 19.9 Å². The molecular weight excluding hydrogens is 396 g/mol. The van der Waals surface area contributed by atoms with Crippen LogP contribution in [0.15, 0.2) is 63.2 Å². The number of hydrogen-bond acceptors (Lipinski definition) is 6. The van der Waals surface area contributed by atoms with Gasteiger partial charge in [0.2, 0.25) is 0 Å². The van der Waals surface area contributed by atoms with Crippen LogP contribution in [-0.4, -0.2) is 47.3 Å². The van der Waals surface area contributed by atoms with Crippen LogP contribution in [0.1, 0.15) is 0 Å². The lowest BCUT2D eigenvalue weighted by Crippen LogP contribution is -2.16. The lowest BCUT2D eigenvalue weighted by Gasteiger charge is -2.12. The zero-order valence-electron chi connectivity index (χ0n) is 14.3. The van der Waals surface area contributed by atoms with Crippen molar-refractivity contribution in [1.82, 2.24) is 4.90 Å². The van der Waals surface area contributed by atoms with Crippen LogP contribution in [0.3, 0.4) is 0 Å². The summed E-state index contributed by atoms with van der Waals surface area (Å²) in [5.41, 5.74) is 0.270. The molecule has 0 saturated heterocycles. The Bertz CT molecular complexity index is 1030. The Morgan fingerprint density at radius 3 is 2.19 bits per heavy atom. The number of amides is 1. The maximum atomic E-state index is 12.5. The summed E-state index contributed by atoms with van der Waals surface area (Å²) in [5, 5.41) is -0.189. The van der Waals surface area contributed by atoms with E-state index in [2.05, 4.69) is 4.72 Å². The minimum Gasteiger partial charge on any atom is -0.339 e. The molecule has 0 aliphatic heterocycles. The largest absolute Gasteiger partial charge is 0.339 e. The van der Waals surface area contributed by atoms with E-state index in [1.54, 1.807) is 32.3 Å². The quantitative estimate of drug-likeness (QED) is 0.755. The summed E-state index contributed by atoms with van der Waals surface area (Å²) in [6.45, 7) is 0. The number of carbonyl (C=O) groups is 1. The molecule has 26 heavy (non-hydrogen) atoms. The molecule has 0 aromatic heterocycles. The Labute approximate surface area is 157 Å². The minimum absolute atomic E-state index is 0.0822. The number of sulfone groups is 1. The molecule has 0 heterocycles. The molecule has 2 rings (SSSR count). The molecule has 0 atom stereocenters. The molecule has 1 amide bonds. The number of sulfonamides is 1. The van der Waals surface area contributed by atoms with Crippen LogP contribution < -0.4 is 4.72 Å². The molecular formula is C16H18N2O5S3. The van der Waals surface area contributed by atoms with E-state index in [9.17, 15) is 21.6 Å². The predicted octanol–water partition coefficient (Wildman–Crippen LogP) is 2.66. The van der Waals surface area contributed by atoms with E-state index in [4.69, 9.17) is 0 Å². The number of carbonyl (C=O) groups excluding carboxylic acids is 1. The Morgan fingerprint density at radius 2 is 1.58 bits per heavy atom. The third-order valence-electron chi connectivity index (χ3n) is 3.20. The molecule has 2 aromatic rings. The van der Waals surface area contributed by atoms with Crippen LogP contribution in [0.25, 0.3) is 0 Å². The standard InChI is InChI=1S/C16H18N2O5S3/c1-18(2)16(19)24-13-7-4-6-12(10-13)17-26(22,23)15-9-5-8-14(11-15)25(3,20)21/h4-11,17H,1-3H3. The molecule has 0 fully saturated rings. The number of rotatable bonds is 5. The Hall–Kier alpha value is -2.04. The highest BCUT2D eigenvalue weighted by Crippen LogP contribution is 2.25. The van der Waals surface area contributed by atoms with Crippen LogP contribution in [0.4, 0.5) is 10.5 Å². The van der Waals surface area contributed by atoms with Crippen molar-refractivity contribution in [3.63, 3.8) is 0 Å². The van der Waals surface area contributed by atoms with Gasteiger partial charge in [-0.2, -0.15) is 0 Å². The van der Waals surface area contributed by atoms with E-state index in [0.29, 0.717) is 4.90 Å². The highest BCUT2D eigenvalue weighted by Gasteiger charge is 2.18. The van der Waals surface area contributed by atoms with E-state index >= 15 is 0 Å². The summed E-state index contributed by atoms with van der Waals surface area (Å²) >= 11 is 0.966. The van der Waals surface area contributed by atoms with Crippen molar-refractivity contribution in [1.29, 1.82) is 0 Å². The summed E-state index contributed by atoms with van der Waals surface area (Å²) in [6.07, 6.45) is 1.01. The second kappa shape index (κ2) is 7.68. The van der Waals surface area contributed by atoms with E-state index in [0.717, 1.165) is 24.1 Å². The lowest BCUT2D eigenvalue weighted by atomic mass is 10.3. The van der Waals surface area contributed by atoms with Crippen molar-refractivity contribution in [3.05, 3.63) is 48.5 Å². The van der Waals surface area contributed by atoms with Gasteiger partial charge in [-0.3, -0.25) is 9.52 Å². The first-order chi connectivity index (χ1) is 12.0. The topological polar surface area (TPSA) is 101 Å².